The Bertz CT molecular complexity index is 282. The predicted molar refractivity (Wildman–Crippen MR) is 51.8 cm³/mol. The summed E-state index contributed by atoms with van der Waals surface area (Å²) in [6.07, 6.45) is 0. The molecule has 0 saturated heterocycles. The Morgan fingerprint density at radius 3 is 2.19 bits per heavy atom. The maximum Gasteiger partial charge on any atom is 1.00 e. The van der Waals surface area contributed by atoms with Crippen LogP contribution in [0.15, 0.2) is 30.3 Å². The van der Waals surface area contributed by atoms with Crippen molar-refractivity contribution in [2.45, 2.75) is 0 Å². The third kappa shape index (κ3) is 8.60. The fourth-order valence-electron chi connectivity index (χ4n) is 0.952. The Kier molecular flexibility index (Phi) is 8.80. The van der Waals surface area contributed by atoms with E-state index in [0.717, 1.165) is 0 Å². The summed E-state index contributed by atoms with van der Waals surface area (Å²) in [5.41, 5.74) is 0. The van der Waals surface area contributed by atoms with Crippen LogP contribution in [0.1, 0.15) is 0 Å². The molecule has 0 amide bonds. The first-order chi connectivity index (χ1) is 7.08. The average molecular weight is 258 g/mol. The third-order valence-electron chi connectivity index (χ3n) is 1.55. The molecule has 2 nitrogen and oxygen atoms in total. The van der Waals surface area contributed by atoms with Gasteiger partial charge in [0, 0.05) is 6.51 Å². The molecule has 84 valence electrons. The molecule has 7 heteroatoms. The molecule has 0 unspecified atom stereocenters. The molecular weight excluding hydrogens is 247 g/mol. The first-order valence-corrected chi connectivity index (χ1v) is 4.54. The number of hydrogen-bond donors (Lipinski definition) is 0. The fourth-order valence-corrected chi connectivity index (χ4v) is 0.952. The van der Waals surface area contributed by atoms with Crippen molar-refractivity contribution in [1.82, 2.24) is 0 Å². The van der Waals surface area contributed by atoms with Crippen LogP contribution in [-0.2, 0) is 4.74 Å². The van der Waals surface area contributed by atoms with Crippen molar-refractivity contribution in [3.8, 4) is 5.75 Å². The number of rotatable bonds is 6. The molecular formula is C9H11BF3KO2. The van der Waals surface area contributed by atoms with E-state index in [2.05, 4.69) is 4.74 Å². The summed E-state index contributed by atoms with van der Waals surface area (Å²) in [6.45, 7) is -5.96. The molecule has 1 aromatic carbocycles. The number of benzene rings is 1. The Hall–Kier alpha value is 0.471. The predicted octanol–water partition coefficient (Wildman–Crippen LogP) is -0.527. The molecule has 0 bridgehead atoms. The van der Waals surface area contributed by atoms with Crippen LogP contribution < -0.4 is 56.1 Å². The van der Waals surface area contributed by atoms with Crippen molar-refractivity contribution in [3.05, 3.63) is 30.3 Å². The van der Waals surface area contributed by atoms with Gasteiger partial charge in [-0.2, -0.15) is 0 Å². The first kappa shape index (κ1) is 16.5. The molecule has 0 N–H and O–H groups in total. The summed E-state index contributed by atoms with van der Waals surface area (Å²) >= 11 is 0. The molecule has 0 aliphatic rings. The first-order valence-electron chi connectivity index (χ1n) is 4.54. The number of ether oxygens (including phenoxy) is 2. The van der Waals surface area contributed by atoms with E-state index in [1.807, 2.05) is 6.07 Å². The van der Waals surface area contributed by atoms with Gasteiger partial charge in [0.05, 0.1) is 6.61 Å². The number of halogens is 3. The van der Waals surface area contributed by atoms with Gasteiger partial charge in [0.15, 0.2) is 0 Å². The van der Waals surface area contributed by atoms with Gasteiger partial charge >= 0.3 is 58.4 Å². The molecule has 0 saturated carbocycles. The molecule has 16 heavy (non-hydrogen) atoms. The van der Waals surface area contributed by atoms with E-state index in [0.29, 0.717) is 5.75 Å². The average Bonchev–Trinajstić information content (AvgIpc) is 2.17. The van der Waals surface area contributed by atoms with Crippen molar-refractivity contribution in [2.75, 3.05) is 19.7 Å². The molecule has 0 radical (unpaired) electrons. The van der Waals surface area contributed by atoms with Gasteiger partial charge in [-0.25, -0.2) is 0 Å². The smallest absolute Gasteiger partial charge is 0.491 e. The second-order valence-corrected chi connectivity index (χ2v) is 2.95. The minimum Gasteiger partial charge on any atom is -0.491 e. The number of para-hydroxylation sites is 1. The molecule has 0 fully saturated rings. The molecule has 0 heterocycles. The van der Waals surface area contributed by atoms with E-state index in [9.17, 15) is 12.9 Å². The van der Waals surface area contributed by atoms with Gasteiger partial charge in [-0.3, -0.25) is 0 Å². The summed E-state index contributed by atoms with van der Waals surface area (Å²) in [5.74, 6) is 0.624. The second kappa shape index (κ2) is 8.55. The van der Waals surface area contributed by atoms with Crippen molar-refractivity contribution in [2.24, 2.45) is 0 Å². The van der Waals surface area contributed by atoms with Crippen LogP contribution in [0.3, 0.4) is 0 Å². The molecule has 0 spiro atoms. The van der Waals surface area contributed by atoms with Crippen molar-refractivity contribution >= 4 is 6.98 Å². The summed E-state index contributed by atoms with van der Waals surface area (Å²) in [4.78, 5) is 0. The minimum atomic E-state index is -4.85. The monoisotopic (exact) mass is 258 g/mol. The molecule has 1 rings (SSSR count). The Balaban J connectivity index is 0.00000225. The number of hydrogen-bond acceptors (Lipinski definition) is 2. The van der Waals surface area contributed by atoms with E-state index in [4.69, 9.17) is 4.74 Å². The van der Waals surface area contributed by atoms with E-state index in [1.165, 1.54) is 0 Å². The minimum absolute atomic E-state index is 0. The Morgan fingerprint density at radius 2 is 1.62 bits per heavy atom. The standard InChI is InChI=1S/C9H11BF3O2.K/c11-10(12,13)8-14-6-7-15-9-4-2-1-3-5-9;/h1-5H,6-8H2;/q-1;+1. The maximum atomic E-state index is 11.7. The zero-order valence-electron chi connectivity index (χ0n) is 9.04. The van der Waals surface area contributed by atoms with Crippen LogP contribution >= 0.6 is 0 Å². The molecule has 0 aromatic heterocycles. The summed E-state index contributed by atoms with van der Waals surface area (Å²) in [5, 5.41) is 0. The topological polar surface area (TPSA) is 18.5 Å². The summed E-state index contributed by atoms with van der Waals surface area (Å²) < 4.78 is 44.6. The Morgan fingerprint density at radius 1 is 1.00 bits per heavy atom. The van der Waals surface area contributed by atoms with Crippen LogP contribution in [0.2, 0.25) is 0 Å². The zero-order valence-corrected chi connectivity index (χ0v) is 12.2. The van der Waals surface area contributed by atoms with Gasteiger partial charge in [-0.05, 0) is 12.1 Å². The van der Waals surface area contributed by atoms with Crippen LogP contribution in [-0.4, -0.2) is 26.7 Å². The Labute approximate surface area is 135 Å². The SMILES string of the molecule is F[B-](F)(F)COCCOc1ccccc1.[K+]. The third-order valence-corrected chi connectivity index (χ3v) is 1.55. The fraction of sp³-hybridized carbons (Fsp3) is 0.333. The molecule has 0 aliphatic heterocycles. The summed E-state index contributed by atoms with van der Waals surface area (Å²) in [6, 6.07) is 8.86. The molecule has 0 aliphatic carbocycles. The van der Waals surface area contributed by atoms with E-state index in [1.54, 1.807) is 24.3 Å². The van der Waals surface area contributed by atoms with E-state index < -0.39 is 13.5 Å². The van der Waals surface area contributed by atoms with Crippen LogP contribution in [0.25, 0.3) is 0 Å². The van der Waals surface area contributed by atoms with Crippen LogP contribution in [0.4, 0.5) is 12.9 Å². The van der Waals surface area contributed by atoms with E-state index >= 15 is 0 Å². The normalized spacial score (nSPS) is 10.7. The van der Waals surface area contributed by atoms with Gasteiger partial charge in [0.25, 0.3) is 0 Å². The largest absolute Gasteiger partial charge is 1.00 e. The van der Waals surface area contributed by atoms with Gasteiger partial charge in [0.1, 0.15) is 12.4 Å². The van der Waals surface area contributed by atoms with Gasteiger partial charge < -0.3 is 22.4 Å². The summed E-state index contributed by atoms with van der Waals surface area (Å²) in [7, 11) is 0. The molecule has 1 aromatic rings. The van der Waals surface area contributed by atoms with Crippen LogP contribution in [0.5, 0.6) is 5.75 Å². The van der Waals surface area contributed by atoms with Gasteiger partial charge in [-0.15, -0.1) is 0 Å². The molecule has 0 atom stereocenters. The van der Waals surface area contributed by atoms with Crippen molar-refractivity contribution in [3.63, 3.8) is 0 Å². The van der Waals surface area contributed by atoms with E-state index in [-0.39, 0.29) is 64.6 Å². The maximum absolute atomic E-state index is 11.7. The van der Waals surface area contributed by atoms with Crippen molar-refractivity contribution in [1.29, 1.82) is 0 Å². The van der Waals surface area contributed by atoms with Crippen molar-refractivity contribution < 1.29 is 73.8 Å². The van der Waals surface area contributed by atoms with Gasteiger partial charge in [0.2, 0.25) is 0 Å². The second-order valence-electron chi connectivity index (χ2n) is 2.95. The van der Waals surface area contributed by atoms with Crippen LogP contribution in [0, 0.1) is 0 Å². The zero-order chi connectivity index (χ0) is 11.1. The van der Waals surface area contributed by atoms with Gasteiger partial charge in [-0.1, -0.05) is 18.2 Å². The quantitative estimate of drug-likeness (QED) is 0.504.